The van der Waals surface area contributed by atoms with Gasteiger partial charge in [-0.05, 0) is 36.5 Å². The number of anilines is 1. The molecular formula is C23H19F3N6O2. The summed E-state index contributed by atoms with van der Waals surface area (Å²) in [7, 11) is 0. The Kier molecular flexibility index (Phi) is 6.44. The average molecular weight is 468 g/mol. The Bertz CT molecular complexity index is 1320. The molecule has 0 saturated carbocycles. The Balaban J connectivity index is 1.77. The topological polar surface area (TPSA) is 97.8 Å². The molecule has 0 aliphatic carbocycles. The van der Waals surface area contributed by atoms with Gasteiger partial charge in [-0.25, -0.2) is 9.36 Å². The van der Waals surface area contributed by atoms with Crippen LogP contribution in [0.2, 0.25) is 0 Å². The van der Waals surface area contributed by atoms with Gasteiger partial charge in [-0.3, -0.25) is 4.79 Å². The number of nitrogens with zero attached hydrogens (tertiary/aromatic N) is 4. The summed E-state index contributed by atoms with van der Waals surface area (Å²) in [6.07, 6.45) is 0.677. The molecule has 1 atom stereocenters. The van der Waals surface area contributed by atoms with Crippen LogP contribution in [0.25, 0.3) is 11.4 Å². The van der Waals surface area contributed by atoms with E-state index in [0.29, 0.717) is 11.4 Å². The molecule has 0 spiro atoms. The Morgan fingerprint density at radius 3 is 2.53 bits per heavy atom. The number of aromatic nitrogens is 4. The van der Waals surface area contributed by atoms with E-state index in [0.717, 1.165) is 10.9 Å². The maximum atomic E-state index is 13.2. The number of alkyl halides is 3. The lowest BCUT2D eigenvalue weighted by Crippen LogP contribution is -2.25. The van der Waals surface area contributed by atoms with Crippen LogP contribution in [-0.2, 0) is 0 Å². The predicted octanol–water partition coefficient (Wildman–Crippen LogP) is 4.51. The van der Waals surface area contributed by atoms with Crippen molar-refractivity contribution in [2.75, 3.05) is 5.32 Å². The number of hydrogen-bond donors (Lipinski definition) is 2. The van der Waals surface area contributed by atoms with Gasteiger partial charge < -0.3 is 15.5 Å². The third kappa shape index (κ3) is 5.31. The Labute approximate surface area is 191 Å². The van der Waals surface area contributed by atoms with Crippen molar-refractivity contribution in [2.24, 2.45) is 0 Å². The van der Waals surface area contributed by atoms with Gasteiger partial charge in [0.1, 0.15) is 11.4 Å². The lowest BCUT2D eigenvalue weighted by molar-refractivity contribution is -0.274. The number of halogens is 3. The van der Waals surface area contributed by atoms with E-state index in [1.165, 1.54) is 35.3 Å². The van der Waals surface area contributed by atoms with E-state index in [2.05, 4.69) is 20.3 Å². The summed E-state index contributed by atoms with van der Waals surface area (Å²) >= 11 is 0. The molecule has 1 unspecified atom stereocenters. The van der Waals surface area contributed by atoms with Crippen LogP contribution in [0.5, 0.6) is 5.75 Å². The zero-order chi connectivity index (χ0) is 24.1. The summed E-state index contributed by atoms with van der Waals surface area (Å²) in [6.45, 7) is 0. The fourth-order valence-corrected chi connectivity index (χ4v) is 3.35. The fourth-order valence-electron chi connectivity index (χ4n) is 3.35. The Morgan fingerprint density at radius 1 is 1.06 bits per heavy atom. The van der Waals surface area contributed by atoms with Gasteiger partial charge in [0, 0.05) is 42.8 Å². The minimum Gasteiger partial charge on any atom is -0.403 e. The van der Waals surface area contributed by atoms with E-state index in [1.807, 2.05) is 18.2 Å². The number of para-hydroxylation sites is 1. The second-order valence-corrected chi connectivity index (χ2v) is 7.16. The summed E-state index contributed by atoms with van der Waals surface area (Å²) in [5.74, 6) is -0.512. The van der Waals surface area contributed by atoms with Gasteiger partial charge in [-0.1, -0.05) is 18.2 Å². The van der Waals surface area contributed by atoms with E-state index in [4.69, 9.17) is 5.41 Å². The summed E-state index contributed by atoms with van der Waals surface area (Å²) in [5.41, 5.74) is 0.655. The number of ether oxygens (including phenoxy) is 1. The van der Waals surface area contributed by atoms with Crippen molar-refractivity contribution in [3.05, 3.63) is 95.2 Å². The second kappa shape index (κ2) is 9.61. The second-order valence-electron chi connectivity index (χ2n) is 7.16. The van der Waals surface area contributed by atoms with Gasteiger partial charge in [-0.2, -0.15) is 10.2 Å². The van der Waals surface area contributed by atoms with Crippen molar-refractivity contribution >= 4 is 11.9 Å². The molecule has 0 aliphatic heterocycles. The van der Waals surface area contributed by atoms with Crippen molar-refractivity contribution in [1.29, 1.82) is 5.41 Å². The van der Waals surface area contributed by atoms with Crippen LogP contribution < -0.4 is 15.5 Å². The summed E-state index contributed by atoms with van der Waals surface area (Å²) in [5, 5.41) is 19.0. The average Bonchev–Trinajstić information content (AvgIpc) is 3.34. The van der Waals surface area contributed by atoms with Gasteiger partial charge in [0.25, 0.3) is 0 Å². The highest BCUT2D eigenvalue weighted by Crippen LogP contribution is 2.31. The van der Waals surface area contributed by atoms with Crippen LogP contribution in [0.1, 0.15) is 18.2 Å². The van der Waals surface area contributed by atoms with Gasteiger partial charge >= 0.3 is 6.36 Å². The molecule has 2 aromatic heterocycles. The highest BCUT2D eigenvalue weighted by molar-refractivity contribution is 5.57. The van der Waals surface area contributed by atoms with Crippen LogP contribution in [0.3, 0.4) is 0 Å². The van der Waals surface area contributed by atoms with Gasteiger partial charge in [0.2, 0.25) is 5.43 Å². The van der Waals surface area contributed by atoms with Crippen LogP contribution in [-0.4, -0.2) is 32.1 Å². The number of benzene rings is 2. The van der Waals surface area contributed by atoms with Crippen LogP contribution in [0.4, 0.5) is 18.9 Å². The van der Waals surface area contributed by atoms with Crippen LogP contribution >= 0.6 is 0 Å². The molecule has 0 bridgehead atoms. The van der Waals surface area contributed by atoms with Gasteiger partial charge in [0.05, 0.1) is 11.7 Å². The number of nitrogens with one attached hydrogen (secondary N) is 2. The predicted molar refractivity (Wildman–Crippen MR) is 120 cm³/mol. The number of hydrogen-bond acceptors (Lipinski definition) is 6. The molecule has 2 heterocycles. The lowest BCUT2D eigenvalue weighted by atomic mass is 10.1. The van der Waals surface area contributed by atoms with Crippen molar-refractivity contribution in [1.82, 2.24) is 19.6 Å². The van der Waals surface area contributed by atoms with Crippen molar-refractivity contribution in [3.8, 4) is 17.1 Å². The molecule has 4 rings (SSSR count). The minimum absolute atomic E-state index is 0.0252. The normalized spacial score (nSPS) is 12.2. The molecule has 11 heteroatoms. The monoisotopic (exact) mass is 468 g/mol. The SMILES string of the molecule is N=CCC(Nc1ccccc1)c1nn(-c2ccc(-n3cccn3)cc2OC(F)(F)F)ccc1=O. The van der Waals surface area contributed by atoms with E-state index in [-0.39, 0.29) is 17.8 Å². The first-order valence-electron chi connectivity index (χ1n) is 10.1. The molecule has 0 aliphatic rings. The molecule has 2 N–H and O–H groups in total. The van der Waals surface area contributed by atoms with E-state index >= 15 is 0 Å². The maximum Gasteiger partial charge on any atom is 0.573 e. The minimum atomic E-state index is -4.95. The molecule has 8 nitrogen and oxygen atoms in total. The lowest BCUT2D eigenvalue weighted by Gasteiger charge is -2.19. The first kappa shape index (κ1) is 22.8. The van der Waals surface area contributed by atoms with Crippen molar-refractivity contribution in [2.45, 2.75) is 18.8 Å². The Hall–Kier alpha value is -4.41. The molecule has 4 aromatic rings. The van der Waals surface area contributed by atoms with Crippen LogP contribution in [0.15, 0.2) is 84.0 Å². The summed E-state index contributed by atoms with van der Waals surface area (Å²) < 4.78 is 46.3. The first-order chi connectivity index (χ1) is 16.3. The molecule has 0 fully saturated rings. The summed E-state index contributed by atoms with van der Waals surface area (Å²) in [6, 6.07) is 15.4. The zero-order valence-corrected chi connectivity index (χ0v) is 17.6. The molecule has 34 heavy (non-hydrogen) atoms. The standard InChI is InChI=1S/C23H19F3N6O2/c24-23(25,26)34-21-15-17(31-13-4-12-28-31)7-8-19(21)32-14-10-20(33)22(30-32)18(9-11-27)29-16-5-2-1-3-6-16/h1-8,10-15,18,27,29H,9H2. The highest BCUT2D eigenvalue weighted by Gasteiger charge is 2.33. The third-order valence-electron chi connectivity index (χ3n) is 4.82. The first-order valence-corrected chi connectivity index (χ1v) is 10.1. The molecule has 174 valence electrons. The van der Waals surface area contributed by atoms with Gasteiger partial charge in [-0.15, -0.1) is 13.2 Å². The van der Waals surface area contributed by atoms with E-state index in [1.54, 1.807) is 30.5 Å². The zero-order valence-electron chi connectivity index (χ0n) is 17.6. The van der Waals surface area contributed by atoms with E-state index < -0.39 is 23.6 Å². The third-order valence-corrected chi connectivity index (χ3v) is 4.82. The Morgan fingerprint density at radius 2 is 1.85 bits per heavy atom. The number of rotatable bonds is 8. The van der Waals surface area contributed by atoms with Crippen molar-refractivity contribution < 1.29 is 17.9 Å². The maximum absolute atomic E-state index is 13.2. The smallest absolute Gasteiger partial charge is 0.403 e. The fraction of sp³-hybridized carbons (Fsp3) is 0.130. The van der Waals surface area contributed by atoms with Crippen LogP contribution in [0, 0.1) is 5.41 Å². The largest absolute Gasteiger partial charge is 0.573 e. The summed E-state index contributed by atoms with van der Waals surface area (Å²) in [4.78, 5) is 12.6. The molecule has 0 amide bonds. The molecule has 0 radical (unpaired) electrons. The quantitative estimate of drug-likeness (QED) is 0.371. The molecular weight excluding hydrogens is 449 g/mol. The van der Waals surface area contributed by atoms with Crippen molar-refractivity contribution in [3.63, 3.8) is 0 Å². The van der Waals surface area contributed by atoms with Gasteiger partial charge in [0.15, 0.2) is 5.75 Å². The molecule has 0 saturated heterocycles. The molecule has 2 aromatic carbocycles. The van der Waals surface area contributed by atoms with E-state index in [9.17, 15) is 18.0 Å². The highest BCUT2D eigenvalue weighted by atomic mass is 19.4.